The average Bonchev–Trinajstić information content (AvgIpc) is 2.60. The van der Waals surface area contributed by atoms with Crippen molar-refractivity contribution < 1.29 is 4.74 Å². The van der Waals surface area contributed by atoms with Crippen LogP contribution in [0.1, 0.15) is 45.3 Å². The summed E-state index contributed by atoms with van der Waals surface area (Å²) in [6.45, 7) is 6.97. The molecule has 1 heterocycles. The fourth-order valence-electron chi connectivity index (χ4n) is 1.84. The highest BCUT2D eigenvalue weighted by Crippen LogP contribution is 2.28. The Morgan fingerprint density at radius 3 is 2.76 bits per heavy atom. The van der Waals surface area contributed by atoms with Gasteiger partial charge in [-0.25, -0.2) is 0 Å². The third kappa shape index (κ3) is 3.69. The lowest BCUT2D eigenvalue weighted by atomic mass is 9.97. The summed E-state index contributed by atoms with van der Waals surface area (Å²) in [6.07, 6.45) is 3.37. The maximum atomic E-state index is 6.21. The molecular formula is C12H22ClN3O. The number of halogens is 1. The standard InChI is InChI=1S/C12H22ClN3O/c1-5-6-16-11(9(13)8-15-16)10(14)7-12(2,3)17-4/h8,10H,5-7,14H2,1-4H3. The lowest BCUT2D eigenvalue weighted by Crippen LogP contribution is -2.30. The molecule has 98 valence electrons. The molecule has 0 aliphatic heterocycles. The first-order valence-corrected chi connectivity index (χ1v) is 6.31. The van der Waals surface area contributed by atoms with Crippen LogP contribution in [0.3, 0.4) is 0 Å². The summed E-state index contributed by atoms with van der Waals surface area (Å²) >= 11 is 6.14. The van der Waals surface area contributed by atoms with Crippen molar-refractivity contribution in [3.63, 3.8) is 0 Å². The Balaban J connectivity index is 2.87. The average molecular weight is 260 g/mol. The molecule has 0 saturated heterocycles. The molecule has 0 amide bonds. The zero-order valence-corrected chi connectivity index (χ0v) is 11.8. The molecule has 0 aromatic carbocycles. The lowest BCUT2D eigenvalue weighted by Gasteiger charge is -2.27. The van der Waals surface area contributed by atoms with E-state index in [1.807, 2.05) is 18.5 Å². The molecule has 1 rings (SSSR count). The van der Waals surface area contributed by atoms with Gasteiger partial charge in [0, 0.05) is 13.7 Å². The smallest absolute Gasteiger partial charge is 0.0834 e. The van der Waals surface area contributed by atoms with Gasteiger partial charge in [-0.05, 0) is 26.7 Å². The number of ether oxygens (including phenoxy) is 1. The number of aryl methyl sites for hydroxylation is 1. The van der Waals surface area contributed by atoms with Gasteiger partial charge in [0.05, 0.1) is 28.6 Å². The summed E-state index contributed by atoms with van der Waals surface area (Å²) < 4.78 is 7.28. The van der Waals surface area contributed by atoms with E-state index >= 15 is 0 Å². The zero-order chi connectivity index (χ0) is 13.1. The molecule has 0 aliphatic rings. The first-order chi connectivity index (χ1) is 7.91. The van der Waals surface area contributed by atoms with Crippen LogP contribution in [0, 0.1) is 0 Å². The number of rotatable bonds is 6. The van der Waals surface area contributed by atoms with Gasteiger partial charge in [-0.2, -0.15) is 5.10 Å². The van der Waals surface area contributed by atoms with E-state index in [2.05, 4.69) is 12.0 Å². The quantitative estimate of drug-likeness (QED) is 0.855. The van der Waals surface area contributed by atoms with E-state index in [1.165, 1.54) is 0 Å². The second-order valence-corrected chi connectivity index (χ2v) is 5.28. The number of methoxy groups -OCH3 is 1. The van der Waals surface area contributed by atoms with Crippen molar-refractivity contribution >= 4 is 11.6 Å². The number of aromatic nitrogens is 2. The van der Waals surface area contributed by atoms with Gasteiger partial charge in [-0.1, -0.05) is 18.5 Å². The molecule has 1 atom stereocenters. The zero-order valence-electron chi connectivity index (χ0n) is 11.0. The van der Waals surface area contributed by atoms with Gasteiger partial charge >= 0.3 is 0 Å². The highest BCUT2D eigenvalue weighted by Gasteiger charge is 2.25. The van der Waals surface area contributed by atoms with E-state index in [0.717, 1.165) is 18.7 Å². The molecule has 1 aromatic rings. The van der Waals surface area contributed by atoms with Crippen molar-refractivity contribution in [3.8, 4) is 0 Å². The maximum absolute atomic E-state index is 6.21. The van der Waals surface area contributed by atoms with E-state index in [4.69, 9.17) is 22.1 Å². The van der Waals surface area contributed by atoms with Crippen molar-refractivity contribution in [2.45, 2.75) is 51.8 Å². The molecule has 0 spiro atoms. The second kappa shape index (κ2) is 5.85. The molecular weight excluding hydrogens is 238 g/mol. The lowest BCUT2D eigenvalue weighted by molar-refractivity contribution is 0.00936. The Morgan fingerprint density at radius 1 is 1.59 bits per heavy atom. The maximum Gasteiger partial charge on any atom is 0.0834 e. The normalized spacial score (nSPS) is 14.0. The van der Waals surface area contributed by atoms with Crippen molar-refractivity contribution in [2.24, 2.45) is 5.73 Å². The largest absolute Gasteiger partial charge is 0.379 e. The van der Waals surface area contributed by atoms with Crippen molar-refractivity contribution in [3.05, 3.63) is 16.9 Å². The minimum Gasteiger partial charge on any atom is -0.379 e. The molecule has 0 saturated carbocycles. The Labute approximate surface area is 108 Å². The SMILES string of the molecule is CCCn1ncc(Cl)c1C(N)CC(C)(C)OC. The molecule has 0 aliphatic carbocycles. The van der Waals surface area contributed by atoms with Crippen LogP contribution in [-0.2, 0) is 11.3 Å². The Morgan fingerprint density at radius 2 is 2.24 bits per heavy atom. The molecule has 0 radical (unpaired) electrons. The molecule has 0 fully saturated rings. The fraction of sp³-hybridized carbons (Fsp3) is 0.750. The Kier molecular flexibility index (Phi) is 4.98. The first kappa shape index (κ1) is 14.5. The Hall–Kier alpha value is -0.580. The highest BCUT2D eigenvalue weighted by molar-refractivity contribution is 6.31. The molecule has 5 heteroatoms. The fourth-order valence-corrected chi connectivity index (χ4v) is 2.12. The summed E-state index contributed by atoms with van der Waals surface area (Å²) in [5.74, 6) is 0. The molecule has 2 N–H and O–H groups in total. The molecule has 4 nitrogen and oxygen atoms in total. The summed E-state index contributed by atoms with van der Waals surface area (Å²) in [5.41, 5.74) is 6.85. The predicted molar refractivity (Wildman–Crippen MR) is 70.2 cm³/mol. The van der Waals surface area contributed by atoms with E-state index in [0.29, 0.717) is 11.4 Å². The van der Waals surface area contributed by atoms with Crippen LogP contribution >= 0.6 is 11.6 Å². The van der Waals surface area contributed by atoms with Gasteiger partial charge in [0.25, 0.3) is 0 Å². The van der Waals surface area contributed by atoms with Gasteiger partial charge in [0.15, 0.2) is 0 Å². The third-order valence-corrected chi connectivity index (χ3v) is 3.18. The summed E-state index contributed by atoms with van der Waals surface area (Å²) in [5, 5.41) is 4.88. The van der Waals surface area contributed by atoms with Crippen LogP contribution < -0.4 is 5.73 Å². The van der Waals surface area contributed by atoms with Gasteiger partial charge in [-0.3, -0.25) is 4.68 Å². The van der Waals surface area contributed by atoms with Gasteiger partial charge in [-0.15, -0.1) is 0 Å². The number of nitrogens with two attached hydrogens (primary N) is 1. The van der Waals surface area contributed by atoms with Crippen LogP contribution in [0.2, 0.25) is 5.02 Å². The predicted octanol–water partition coefficient (Wildman–Crippen LogP) is 2.76. The highest BCUT2D eigenvalue weighted by atomic mass is 35.5. The van der Waals surface area contributed by atoms with Gasteiger partial charge in [0.2, 0.25) is 0 Å². The summed E-state index contributed by atoms with van der Waals surface area (Å²) in [7, 11) is 1.69. The molecule has 17 heavy (non-hydrogen) atoms. The van der Waals surface area contributed by atoms with E-state index in [-0.39, 0.29) is 11.6 Å². The van der Waals surface area contributed by atoms with Crippen LogP contribution in [0.25, 0.3) is 0 Å². The van der Waals surface area contributed by atoms with Crippen LogP contribution in [0.5, 0.6) is 0 Å². The minimum absolute atomic E-state index is 0.161. The van der Waals surface area contributed by atoms with Crippen molar-refractivity contribution in [2.75, 3.05) is 7.11 Å². The van der Waals surface area contributed by atoms with Crippen LogP contribution in [0.4, 0.5) is 0 Å². The molecule has 1 aromatic heterocycles. The molecule has 0 bridgehead atoms. The number of nitrogens with zero attached hydrogens (tertiary/aromatic N) is 2. The van der Waals surface area contributed by atoms with Crippen LogP contribution in [0.15, 0.2) is 6.20 Å². The summed E-state index contributed by atoms with van der Waals surface area (Å²) in [6, 6.07) is -0.161. The Bertz CT molecular complexity index is 363. The van der Waals surface area contributed by atoms with E-state index < -0.39 is 0 Å². The topological polar surface area (TPSA) is 53.1 Å². The van der Waals surface area contributed by atoms with Crippen molar-refractivity contribution in [1.29, 1.82) is 0 Å². The number of hydrogen-bond acceptors (Lipinski definition) is 3. The third-order valence-electron chi connectivity index (χ3n) is 2.88. The van der Waals surface area contributed by atoms with Crippen LogP contribution in [-0.4, -0.2) is 22.5 Å². The van der Waals surface area contributed by atoms with E-state index in [9.17, 15) is 0 Å². The second-order valence-electron chi connectivity index (χ2n) is 4.88. The first-order valence-electron chi connectivity index (χ1n) is 5.93. The van der Waals surface area contributed by atoms with Crippen molar-refractivity contribution in [1.82, 2.24) is 9.78 Å². The summed E-state index contributed by atoms with van der Waals surface area (Å²) in [4.78, 5) is 0. The van der Waals surface area contributed by atoms with E-state index in [1.54, 1.807) is 13.3 Å². The molecule has 1 unspecified atom stereocenters. The van der Waals surface area contributed by atoms with Gasteiger partial charge in [0.1, 0.15) is 0 Å². The van der Waals surface area contributed by atoms with Gasteiger partial charge < -0.3 is 10.5 Å². The minimum atomic E-state index is -0.260. The number of hydrogen-bond donors (Lipinski definition) is 1. The monoisotopic (exact) mass is 259 g/mol.